The first-order valence-electron chi connectivity index (χ1n) is 12.7. The van der Waals surface area contributed by atoms with Gasteiger partial charge in [0.05, 0.1) is 0 Å². The van der Waals surface area contributed by atoms with Gasteiger partial charge in [0.25, 0.3) is 0 Å². The van der Waals surface area contributed by atoms with Crippen molar-refractivity contribution in [1.82, 2.24) is 0 Å². The second-order valence-corrected chi connectivity index (χ2v) is 9.66. The molecule has 36 heavy (non-hydrogen) atoms. The van der Waals surface area contributed by atoms with Crippen molar-refractivity contribution in [1.29, 1.82) is 0 Å². The second-order valence-electron chi connectivity index (χ2n) is 9.66. The molecule has 2 unspecified atom stereocenters. The lowest BCUT2D eigenvalue weighted by Gasteiger charge is -2.27. The molecule has 0 heterocycles. The summed E-state index contributed by atoms with van der Waals surface area (Å²) in [6.45, 7) is 0. The minimum atomic E-state index is 0.415. The summed E-state index contributed by atoms with van der Waals surface area (Å²) < 4.78 is 0. The lowest BCUT2D eigenvalue weighted by Crippen LogP contribution is -2.14. The highest BCUT2D eigenvalue weighted by molar-refractivity contribution is 6.21. The van der Waals surface area contributed by atoms with Crippen LogP contribution in [0.2, 0.25) is 0 Å². The Bertz CT molecular complexity index is 1650. The maximum absolute atomic E-state index is 2.33. The summed E-state index contributed by atoms with van der Waals surface area (Å²) in [7, 11) is 0. The number of allylic oxidation sites excluding steroid dienone is 8. The Morgan fingerprint density at radius 3 is 1.47 bits per heavy atom. The maximum Gasteiger partial charge on any atom is 0.0125 e. The first-order valence-corrected chi connectivity index (χ1v) is 12.7. The van der Waals surface area contributed by atoms with Crippen LogP contribution in [0.25, 0.3) is 49.4 Å². The van der Waals surface area contributed by atoms with Crippen LogP contribution in [0.1, 0.15) is 5.56 Å². The first-order chi connectivity index (χ1) is 17.9. The van der Waals surface area contributed by atoms with Crippen molar-refractivity contribution in [3.05, 3.63) is 151 Å². The van der Waals surface area contributed by atoms with Crippen LogP contribution in [0.5, 0.6) is 0 Å². The summed E-state index contributed by atoms with van der Waals surface area (Å²) in [6, 6.07) is 37.7. The van der Waals surface area contributed by atoms with Crippen LogP contribution in [0.15, 0.2) is 146 Å². The zero-order chi connectivity index (χ0) is 23.9. The molecule has 7 rings (SSSR count). The molecule has 2 aliphatic carbocycles. The molecule has 0 spiro atoms. The molecule has 0 saturated heterocycles. The topological polar surface area (TPSA) is 0 Å². The lowest BCUT2D eigenvalue weighted by molar-refractivity contribution is 0.678. The van der Waals surface area contributed by atoms with Crippen molar-refractivity contribution in [2.45, 2.75) is 0 Å². The van der Waals surface area contributed by atoms with Crippen molar-refractivity contribution < 1.29 is 0 Å². The van der Waals surface area contributed by atoms with E-state index in [4.69, 9.17) is 0 Å². The molecule has 2 aliphatic rings. The van der Waals surface area contributed by atoms with Crippen LogP contribution in [-0.4, -0.2) is 0 Å². The zero-order valence-corrected chi connectivity index (χ0v) is 20.0. The highest BCUT2D eigenvalue weighted by Crippen LogP contribution is 2.44. The van der Waals surface area contributed by atoms with E-state index in [9.17, 15) is 0 Å². The van der Waals surface area contributed by atoms with Crippen molar-refractivity contribution >= 4 is 27.1 Å². The SMILES string of the molecule is C1=CC2C=CC=C(c3ccc(-c4c5ccccc5c(-c5ccccc5)c5ccccc45)cc3)C2C=C1. The maximum atomic E-state index is 2.33. The fourth-order valence-electron chi connectivity index (χ4n) is 5.99. The van der Waals surface area contributed by atoms with Gasteiger partial charge in [-0.2, -0.15) is 0 Å². The molecule has 0 amide bonds. The fraction of sp³-hybridized carbons (Fsp3) is 0.0556. The number of hydrogen-bond acceptors (Lipinski definition) is 0. The van der Waals surface area contributed by atoms with E-state index in [1.807, 2.05) is 0 Å². The van der Waals surface area contributed by atoms with Gasteiger partial charge in [0.1, 0.15) is 0 Å². The highest BCUT2D eigenvalue weighted by Gasteiger charge is 2.23. The zero-order valence-electron chi connectivity index (χ0n) is 20.0. The smallest absolute Gasteiger partial charge is 0.0125 e. The monoisotopic (exact) mass is 458 g/mol. The van der Waals surface area contributed by atoms with Gasteiger partial charge in [0.2, 0.25) is 0 Å². The molecule has 0 heteroatoms. The summed E-state index contributed by atoms with van der Waals surface area (Å²) in [6.07, 6.45) is 15.7. The van der Waals surface area contributed by atoms with Crippen molar-refractivity contribution in [2.24, 2.45) is 11.8 Å². The third-order valence-electron chi connectivity index (χ3n) is 7.65. The van der Waals surface area contributed by atoms with Gasteiger partial charge in [-0.3, -0.25) is 0 Å². The van der Waals surface area contributed by atoms with Crippen LogP contribution < -0.4 is 0 Å². The molecule has 0 bridgehead atoms. The Labute approximate surface area is 212 Å². The Balaban J connectivity index is 1.42. The number of rotatable bonds is 3. The summed E-state index contributed by atoms with van der Waals surface area (Å²) in [5.41, 5.74) is 7.82. The van der Waals surface area contributed by atoms with E-state index in [-0.39, 0.29) is 0 Å². The predicted molar refractivity (Wildman–Crippen MR) is 155 cm³/mol. The van der Waals surface area contributed by atoms with Crippen LogP contribution in [0.3, 0.4) is 0 Å². The van der Waals surface area contributed by atoms with Gasteiger partial charge in [-0.15, -0.1) is 0 Å². The summed E-state index contributed by atoms with van der Waals surface area (Å²) >= 11 is 0. The average Bonchev–Trinajstić information content (AvgIpc) is 2.96. The van der Waals surface area contributed by atoms with E-state index in [1.54, 1.807) is 0 Å². The molecule has 5 aromatic carbocycles. The number of benzene rings is 5. The third-order valence-corrected chi connectivity index (χ3v) is 7.65. The van der Waals surface area contributed by atoms with Gasteiger partial charge in [-0.05, 0) is 54.9 Å². The average molecular weight is 459 g/mol. The molecule has 2 atom stereocenters. The highest BCUT2D eigenvalue weighted by atomic mass is 14.3. The fourth-order valence-corrected chi connectivity index (χ4v) is 5.99. The molecule has 0 aliphatic heterocycles. The van der Waals surface area contributed by atoms with E-state index in [1.165, 1.54) is 54.9 Å². The van der Waals surface area contributed by atoms with Crippen molar-refractivity contribution in [3.8, 4) is 22.3 Å². The number of fused-ring (bicyclic) bond motifs is 3. The molecular weight excluding hydrogens is 432 g/mol. The molecule has 5 aromatic rings. The Hall–Kier alpha value is -4.42. The molecule has 0 aromatic heterocycles. The van der Waals surface area contributed by atoms with Gasteiger partial charge >= 0.3 is 0 Å². The van der Waals surface area contributed by atoms with Crippen LogP contribution in [0.4, 0.5) is 0 Å². The van der Waals surface area contributed by atoms with Crippen molar-refractivity contribution in [3.63, 3.8) is 0 Å². The summed E-state index contributed by atoms with van der Waals surface area (Å²) in [5, 5.41) is 5.18. The molecule has 0 radical (unpaired) electrons. The van der Waals surface area contributed by atoms with E-state index in [0.717, 1.165) is 0 Å². The van der Waals surface area contributed by atoms with Gasteiger partial charge < -0.3 is 0 Å². The molecule has 170 valence electrons. The second kappa shape index (κ2) is 8.66. The van der Waals surface area contributed by atoms with Crippen LogP contribution in [-0.2, 0) is 0 Å². The normalized spacial score (nSPS) is 18.4. The van der Waals surface area contributed by atoms with E-state index in [2.05, 4.69) is 146 Å². The first kappa shape index (κ1) is 20.9. The van der Waals surface area contributed by atoms with Gasteiger partial charge in [-0.25, -0.2) is 0 Å². The quantitative estimate of drug-likeness (QED) is 0.236. The Morgan fingerprint density at radius 2 is 0.861 bits per heavy atom. The molecule has 0 N–H and O–H groups in total. The minimum absolute atomic E-state index is 0.415. The predicted octanol–water partition coefficient (Wildman–Crippen LogP) is 9.64. The standard InChI is InChI=1S/C36H26/c1-2-12-27(13-3-1)35-31-16-6-8-18-33(31)36(34-19-9-7-17-32(34)35)28-23-21-26(22-24-28)30-20-10-14-25-11-4-5-15-29(25)30/h1-25,29H. The lowest BCUT2D eigenvalue weighted by atomic mass is 9.77. The van der Waals surface area contributed by atoms with E-state index in [0.29, 0.717) is 11.8 Å². The largest absolute Gasteiger partial charge is 0.0767 e. The molecule has 0 fully saturated rings. The van der Waals surface area contributed by atoms with Gasteiger partial charge in [0, 0.05) is 11.8 Å². The Morgan fingerprint density at radius 1 is 0.389 bits per heavy atom. The van der Waals surface area contributed by atoms with E-state index >= 15 is 0 Å². The molecular formula is C36H26. The third kappa shape index (κ3) is 3.38. The van der Waals surface area contributed by atoms with Crippen LogP contribution >= 0.6 is 0 Å². The van der Waals surface area contributed by atoms with Crippen molar-refractivity contribution in [2.75, 3.05) is 0 Å². The number of hydrogen-bond donors (Lipinski definition) is 0. The Kier molecular flexibility index (Phi) is 5.03. The summed E-state index contributed by atoms with van der Waals surface area (Å²) in [5.74, 6) is 0.866. The molecule has 0 saturated carbocycles. The van der Waals surface area contributed by atoms with Gasteiger partial charge in [-0.1, -0.05) is 146 Å². The van der Waals surface area contributed by atoms with E-state index < -0.39 is 0 Å². The minimum Gasteiger partial charge on any atom is -0.0767 e. The molecule has 0 nitrogen and oxygen atoms in total. The van der Waals surface area contributed by atoms with Gasteiger partial charge in [0.15, 0.2) is 0 Å². The van der Waals surface area contributed by atoms with Crippen LogP contribution in [0, 0.1) is 11.8 Å². The summed E-state index contributed by atoms with van der Waals surface area (Å²) in [4.78, 5) is 0.